The molecule has 1 N–H and O–H groups in total. The summed E-state index contributed by atoms with van der Waals surface area (Å²) in [4.78, 5) is 15.4. The number of furan rings is 1. The third-order valence-electron chi connectivity index (χ3n) is 3.14. The molecule has 0 radical (unpaired) electrons. The second-order valence-electron chi connectivity index (χ2n) is 5.01. The molecular formula is C16H22N2O2S. The highest BCUT2D eigenvalue weighted by Gasteiger charge is 2.13. The maximum Gasteiger partial charge on any atom is 0.234 e. The molecule has 0 aliphatic rings. The lowest BCUT2D eigenvalue weighted by Gasteiger charge is -2.20. The van der Waals surface area contributed by atoms with Crippen LogP contribution >= 0.6 is 11.3 Å². The van der Waals surface area contributed by atoms with Gasteiger partial charge in [0.2, 0.25) is 5.91 Å². The van der Waals surface area contributed by atoms with Crippen LogP contribution in [0, 0.1) is 0 Å². The zero-order valence-corrected chi connectivity index (χ0v) is 13.2. The van der Waals surface area contributed by atoms with Crippen LogP contribution < -0.4 is 5.32 Å². The quantitative estimate of drug-likeness (QED) is 0.723. The van der Waals surface area contributed by atoms with E-state index in [1.807, 2.05) is 18.2 Å². The molecule has 2 rings (SSSR count). The van der Waals surface area contributed by atoms with Crippen LogP contribution in [0.15, 0.2) is 40.3 Å². The summed E-state index contributed by atoms with van der Waals surface area (Å²) in [5.41, 5.74) is 0. The molecule has 2 aromatic heterocycles. The Morgan fingerprint density at radius 2 is 2.24 bits per heavy atom. The van der Waals surface area contributed by atoms with Crippen LogP contribution in [0.3, 0.4) is 0 Å². The Bertz CT molecular complexity index is 472. The third kappa shape index (κ3) is 5.73. The molecule has 114 valence electrons. The van der Waals surface area contributed by atoms with Gasteiger partial charge >= 0.3 is 0 Å². The summed E-state index contributed by atoms with van der Waals surface area (Å²) in [5, 5.41) is 5.02. The largest absolute Gasteiger partial charge is 0.468 e. The minimum absolute atomic E-state index is 0.0755. The van der Waals surface area contributed by atoms with Gasteiger partial charge in [0, 0.05) is 18.0 Å². The Kier molecular flexibility index (Phi) is 6.50. The fourth-order valence-corrected chi connectivity index (χ4v) is 2.82. The Balaban J connectivity index is 1.89. The highest BCUT2D eigenvalue weighted by molar-refractivity contribution is 7.09. The monoisotopic (exact) mass is 306 g/mol. The molecule has 0 saturated heterocycles. The second kappa shape index (κ2) is 8.64. The van der Waals surface area contributed by atoms with Crippen molar-refractivity contribution in [2.24, 2.45) is 0 Å². The number of carbonyl (C=O) groups is 1. The zero-order valence-electron chi connectivity index (χ0n) is 12.4. The molecule has 0 bridgehead atoms. The van der Waals surface area contributed by atoms with E-state index in [1.54, 1.807) is 17.6 Å². The van der Waals surface area contributed by atoms with E-state index in [4.69, 9.17) is 4.42 Å². The molecule has 0 saturated carbocycles. The molecule has 0 atom stereocenters. The molecule has 0 aromatic carbocycles. The Morgan fingerprint density at radius 3 is 2.90 bits per heavy atom. The summed E-state index contributed by atoms with van der Waals surface area (Å²) in [7, 11) is 0. The average Bonchev–Trinajstić information content (AvgIpc) is 3.12. The van der Waals surface area contributed by atoms with E-state index in [9.17, 15) is 4.79 Å². The molecular weight excluding hydrogens is 284 g/mol. The molecule has 21 heavy (non-hydrogen) atoms. The van der Waals surface area contributed by atoms with Crippen molar-refractivity contribution in [2.45, 2.75) is 32.9 Å². The van der Waals surface area contributed by atoms with Gasteiger partial charge in [-0.2, -0.15) is 0 Å². The van der Waals surface area contributed by atoms with Crippen LogP contribution in [-0.2, 0) is 17.9 Å². The van der Waals surface area contributed by atoms with E-state index in [2.05, 4.69) is 28.6 Å². The topological polar surface area (TPSA) is 45.5 Å². The van der Waals surface area contributed by atoms with Crippen molar-refractivity contribution in [2.75, 3.05) is 13.1 Å². The lowest BCUT2D eigenvalue weighted by molar-refractivity contribution is -0.122. The fourth-order valence-electron chi connectivity index (χ4n) is 2.08. The molecule has 5 heteroatoms. The predicted molar refractivity (Wildman–Crippen MR) is 85.1 cm³/mol. The van der Waals surface area contributed by atoms with Gasteiger partial charge in [-0.3, -0.25) is 9.69 Å². The standard InChI is InChI=1S/C16H22N2O2S/c1-2-3-8-17-16(19)13-18(11-14-6-4-9-20-14)12-15-7-5-10-21-15/h4-7,9-10H,2-3,8,11-13H2,1H3,(H,17,19). The first-order valence-corrected chi connectivity index (χ1v) is 8.19. The van der Waals surface area contributed by atoms with Gasteiger partial charge in [0.25, 0.3) is 0 Å². The van der Waals surface area contributed by atoms with E-state index in [-0.39, 0.29) is 5.91 Å². The van der Waals surface area contributed by atoms with Gasteiger partial charge in [-0.15, -0.1) is 11.3 Å². The number of nitrogens with zero attached hydrogens (tertiary/aromatic N) is 1. The van der Waals surface area contributed by atoms with E-state index in [0.717, 1.165) is 31.7 Å². The maximum absolute atomic E-state index is 12.0. The van der Waals surface area contributed by atoms with E-state index in [1.165, 1.54) is 4.88 Å². The summed E-state index contributed by atoms with van der Waals surface area (Å²) in [6.45, 7) is 4.67. The van der Waals surface area contributed by atoms with Gasteiger partial charge in [0.1, 0.15) is 5.76 Å². The number of thiophene rings is 1. The van der Waals surface area contributed by atoms with Crippen LogP contribution in [0.1, 0.15) is 30.4 Å². The number of nitrogens with one attached hydrogen (secondary N) is 1. The van der Waals surface area contributed by atoms with Crippen LogP contribution in [0.5, 0.6) is 0 Å². The summed E-state index contributed by atoms with van der Waals surface area (Å²) in [5.74, 6) is 0.958. The minimum Gasteiger partial charge on any atom is -0.468 e. The zero-order chi connectivity index (χ0) is 14.9. The van der Waals surface area contributed by atoms with Crippen molar-refractivity contribution in [3.05, 3.63) is 46.5 Å². The number of hydrogen-bond acceptors (Lipinski definition) is 4. The fraction of sp³-hybridized carbons (Fsp3) is 0.438. The van der Waals surface area contributed by atoms with Crippen molar-refractivity contribution in [3.63, 3.8) is 0 Å². The van der Waals surface area contributed by atoms with E-state index < -0.39 is 0 Å². The van der Waals surface area contributed by atoms with Gasteiger partial charge in [-0.05, 0) is 30.0 Å². The van der Waals surface area contributed by atoms with Gasteiger partial charge in [-0.1, -0.05) is 19.4 Å². The molecule has 2 aromatic rings. The molecule has 0 aliphatic carbocycles. The molecule has 0 unspecified atom stereocenters. The number of hydrogen-bond donors (Lipinski definition) is 1. The van der Waals surface area contributed by atoms with Crippen molar-refractivity contribution >= 4 is 17.2 Å². The maximum atomic E-state index is 12.0. The second-order valence-corrected chi connectivity index (χ2v) is 6.04. The average molecular weight is 306 g/mol. The summed E-state index contributed by atoms with van der Waals surface area (Å²) in [6, 6.07) is 7.94. The normalized spacial score (nSPS) is 11.0. The van der Waals surface area contributed by atoms with Crippen molar-refractivity contribution in [3.8, 4) is 0 Å². The molecule has 1 amide bonds. The SMILES string of the molecule is CCCCNC(=O)CN(Cc1ccco1)Cc1cccs1. The number of carbonyl (C=O) groups excluding carboxylic acids is 1. The van der Waals surface area contributed by atoms with Crippen LogP contribution in [0.25, 0.3) is 0 Å². The van der Waals surface area contributed by atoms with E-state index in [0.29, 0.717) is 13.1 Å². The minimum atomic E-state index is 0.0755. The lowest BCUT2D eigenvalue weighted by atomic mass is 10.3. The molecule has 0 fully saturated rings. The number of amides is 1. The summed E-state index contributed by atoms with van der Waals surface area (Å²) >= 11 is 1.71. The lowest BCUT2D eigenvalue weighted by Crippen LogP contribution is -2.36. The summed E-state index contributed by atoms with van der Waals surface area (Å²) < 4.78 is 5.39. The first-order valence-electron chi connectivity index (χ1n) is 7.31. The highest BCUT2D eigenvalue weighted by Crippen LogP contribution is 2.14. The van der Waals surface area contributed by atoms with Crippen molar-refractivity contribution in [1.82, 2.24) is 10.2 Å². The van der Waals surface area contributed by atoms with Crippen LogP contribution in [0.2, 0.25) is 0 Å². The first kappa shape index (κ1) is 15.8. The van der Waals surface area contributed by atoms with Gasteiger partial charge in [0.15, 0.2) is 0 Å². The molecule has 2 heterocycles. The Hall–Kier alpha value is -1.59. The first-order chi connectivity index (χ1) is 10.3. The third-order valence-corrected chi connectivity index (χ3v) is 4.00. The Labute approximate surface area is 129 Å². The van der Waals surface area contributed by atoms with Gasteiger partial charge < -0.3 is 9.73 Å². The number of rotatable bonds is 9. The predicted octanol–water partition coefficient (Wildman–Crippen LogP) is 3.26. The van der Waals surface area contributed by atoms with E-state index >= 15 is 0 Å². The summed E-state index contributed by atoms with van der Waals surface area (Å²) in [6.07, 6.45) is 3.78. The number of unbranched alkanes of at least 4 members (excludes halogenated alkanes) is 1. The van der Waals surface area contributed by atoms with Crippen LogP contribution in [-0.4, -0.2) is 23.9 Å². The smallest absolute Gasteiger partial charge is 0.234 e. The van der Waals surface area contributed by atoms with Gasteiger partial charge in [0.05, 0.1) is 19.4 Å². The molecule has 4 nitrogen and oxygen atoms in total. The Morgan fingerprint density at radius 1 is 1.33 bits per heavy atom. The van der Waals surface area contributed by atoms with Crippen molar-refractivity contribution < 1.29 is 9.21 Å². The molecule has 0 aliphatic heterocycles. The molecule has 0 spiro atoms. The van der Waals surface area contributed by atoms with Crippen molar-refractivity contribution in [1.29, 1.82) is 0 Å². The highest BCUT2D eigenvalue weighted by atomic mass is 32.1. The van der Waals surface area contributed by atoms with Crippen LogP contribution in [0.4, 0.5) is 0 Å². The van der Waals surface area contributed by atoms with Gasteiger partial charge in [-0.25, -0.2) is 0 Å².